The van der Waals surface area contributed by atoms with E-state index in [-0.39, 0.29) is 29.0 Å². The van der Waals surface area contributed by atoms with Gasteiger partial charge in [0.25, 0.3) is 0 Å². The predicted octanol–water partition coefficient (Wildman–Crippen LogP) is 1.51. The van der Waals surface area contributed by atoms with Crippen LogP contribution in [0.25, 0.3) is 0 Å². The molecule has 0 aromatic heterocycles. The Bertz CT molecular complexity index is 684. The highest BCUT2D eigenvalue weighted by molar-refractivity contribution is 5.91. The first-order valence-electron chi connectivity index (χ1n) is 9.99. The van der Waals surface area contributed by atoms with Crippen molar-refractivity contribution in [3.63, 3.8) is 0 Å². The predicted molar refractivity (Wildman–Crippen MR) is 96.5 cm³/mol. The zero-order valence-corrected chi connectivity index (χ0v) is 15.8. The van der Waals surface area contributed by atoms with Crippen molar-refractivity contribution < 1.29 is 24.9 Å². The van der Waals surface area contributed by atoms with Crippen LogP contribution in [0, 0.1) is 28.6 Å². The van der Waals surface area contributed by atoms with Crippen molar-refractivity contribution >= 4 is 11.6 Å². The Balaban J connectivity index is 1.74. The van der Waals surface area contributed by atoms with E-state index in [0.717, 1.165) is 25.7 Å². The highest BCUT2D eigenvalue weighted by Gasteiger charge is 2.68. The molecule has 0 aromatic rings. The summed E-state index contributed by atoms with van der Waals surface area (Å²) in [5, 5.41) is 29.9. The van der Waals surface area contributed by atoms with Crippen molar-refractivity contribution in [3.8, 4) is 0 Å². The summed E-state index contributed by atoms with van der Waals surface area (Å²) in [7, 11) is 0. The van der Waals surface area contributed by atoms with Crippen LogP contribution < -0.4 is 0 Å². The fourth-order valence-corrected chi connectivity index (χ4v) is 7.30. The van der Waals surface area contributed by atoms with Gasteiger partial charge in [-0.2, -0.15) is 0 Å². The minimum absolute atomic E-state index is 0.0853. The van der Waals surface area contributed by atoms with Crippen molar-refractivity contribution in [2.24, 2.45) is 28.6 Å². The van der Waals surface area contributed by atoms with Gasteiger partial charge in [-0.3, -0.25) is 9.59 Å². The third-order valence-corrected chi connectivity index (χ3v) is 8.67. The second-order valence-electron chi connectivity index (χ2n) is 9.58. The third kappa shape index (κ3) is 2.14. The molecule has 7 unspecified atom stereocenters. The van der Waals surface area contributed by atoms with E-state index in [4.69, 9.17) is 5.11 Å². The van der Waals surface area contributed by atoms with E-state index in [9.17, 15) is 19.8 Å². The Morgan fingerprint density at radius 2 is 2.00 bits per heavy atom. The first-order valence-corrected chi connectivity index (χ1v) is 9.99. The zero-order chi connectivity index (χ0) is 18.9. The van der Waals surface area contributed by atoms with Crippen LogP contribution in [0.2, 0.25) is 0 Å². The fraction of sp³-hybridized carbons (Fsp3) is 0.810. The van der Waals surface area contributed by atoms with Gasteiger partial charge >= 0.3 is 0 Å². The third-order valence-electron chi connectivity index (χ3n) is 8.67. The molecule has 5 heteroatoms. The number of allylic oxidation sites excluding steroid dienone is 1. The molecule has 0 radical (unpaired) electrons. The molecule has 144 valence electrons. The van der Waals surface area contributed by atoms with E-state index in [0.29, 0.717) is 19.3 Å². The Morgan fingerprint density at radius 1 is 1.27 bits per heavy atom. The van der Waals surface area contributed by atoms with E-state index in [1.165, 1.54) is 5.57 Å². The maximum absolute atomic E-state index is 12.4. The van der Waals surface area contributed by atoms with Gasteiger partial charge in [-0.1, -0.05) is 19.4 Å². The van der Waals surface area contributed by atoms with Crippen molar-refractivity contribution in [1.82, 2.24) is 0 Å². The lowest BCUT2D eigenvalue weighted by atomic mass is 9.45. The molecular weight excluding hydrogens is 332 g/mol. The second-order valence-corrected chi connectivity index (χ2v) is 9.58. The van der Waals surface area contributed by atoms with Crippen LogP contribution in [0.3, 0.4) is 0 Å². The second kappa shape index (κ2) is 5.73. The van der Waals surface area contributed by atoms with Crippen molar-refractivity contribution in [3.05, 3.63) is 11.6 Å². The number of carbonyl (C=O) groups is 2. The highest BCUT2D eigenvalue weighted by atomic mass is 16.3. The molecule has 0 aliphatic heterocycles. The molecule has 7 atom stereocenters. The number of ketones is 2. The average molecular weight is 363 g/mol. The lowest BCUT2D eigenvalue weighted by Crippen LogP contribution is -2.62. The topological polar surface area (TPSA) is 97.5 Å². The number of aliphatic hydroxyl groups is 2. The molecule has 0 heterocycles. The normalized spacial score (nSPS) is 50.5. The Labute approximate surface area is 154 Å². The number of aliphatic hydroxyl groups excluding tert-OH is 1. The summed E-state index contributed by atoms with van der Waals surface area (Å²) in [5.41, 5.74) is -1.11. The molecule has 3 saturated carbocycles. The van der Waals surface area contributed by atoms with E-state index >= 15 is 0 Å². The van der Waals surface area contributed by atoms with E-state index in [1.807, 2.05) is 13.0 Å². The molecule has 26 heavy (non-hydrogen) atoms. The Morgan fingerprint density at radius 3 is 2.69 bits per heavy atom. The number of fused-ring (bicyclic) bond motifs is 5. The summed E-state index contributed by atoms with van der Waals surface area (Å²) in [4.78, 5) is 24.3. The number of hydrogen-bond donors (Lipinski definition) is 2. The molecule has 5 nitrogen and oxygen atoms in total. The minimum atomic E-state index is -1.48. The smallest absolute Gasteiger partial charge is 0.239 e. The summed E-state index contributed by atoms with van der Waals surface area (Å²) >= 11 is 0. The Kier molecular flexibility index (Phi) is 4.04. The van der Waals surface area contributed by atoms with Crippen LogP contribution >= 0.6 is 0 Å². The van der Waals surface area contributed by atoms with Gasteiger partial charge in [0, 0.05) is 11.8 Å². The minimum Gasteiger partial charge on any atom is -0.440 e. The summed E-state index contributed by atoms with van der Waals surface area (Å²) < 4.78 is 0. The number of Topliss-reactive ketones (excluding diaryl/α,β-unsaturated/α-hetero) is 1. The van der Waals surface area contributed by atoms with Gasteiger partial charge in [0.2, 0.25) is 12.4 Å². The molecule has 4 aliphatic carbocycles. The van der Waals surface area contributed by atoms with Gasteiger partial charge in [-0.05, 0) is 67.8 Å². The van der Waals surface area contributed by atoms with E-state index in [2.05, 4.69) is 6.92 Å². The monoisotopic (exact) mass is 363 g/mol. The largest absolute Gasteiger partial charge is 0.440 e. The molecular formula is C21H31O5+. The van der Waals surface area contributed by atoms with Gasteiger partial charge in [-0.25, -0.2) is 0 Å². The SMILES string of the molecule is CC12CCC(=O)C=C1CCC1C2C(O)CC2(C)C1CCC2(O)C(=O)C[OH2+]. The van der Waals surface area contributed by atoms with Gasteiger partial charge < -0.3 is 15.3 Å². The highest BCUT2D eigenvalue weighted by Crippen LogP contribution is 2.67. The van der Waals surface area contributed by atoms with Crippen LogP contribution in [0.4, 0.5) is 0 Å². The number of hydrogen-bond acceptors (Lipinski definition) is 4. The van der Waals surface area contributed by atoms with Crippen molar-refractivity contribution in [1.29, 1.82) is 0 Å². The van der Waals surface area contributed by atoms with Crippen LogP contribution in [-0.2, 0) is 9.59 Å². The number of rotatable bonds is 2. The first kappa shape index (κ1) is 18.3. The first-order chi connectivity index (χ1) is 12.2. The fourth-order valence-electron chi connectivity index (χ4n) is 7.30. The summed E-state index contributed by atoms with van der Waals surface area (Å²) in [5.74, 6) is 0.322. The molecule has 3 fully saturated rings. The molecule has 4 aliphatic rings. The lowest BCUT2D eigenvalue weighted by molar-refractivity contribution is -0.182. The molecule has 0 aromatic carbocycles. The van der Waals surface area contributed by atoms with Gasteiger partial charge in [-0.15, -0.1) is 0 Å². The van der Waals surface area contributed by atoms with Crippen LogP contribution in [0.5, 0.6) is 0 Å². The van der Waals surface area contributed by atoms with Gasteiger partial charge in [0.1, 0.15) is 5.60 Å². The lowest BCUT2D eigenvalue weighted by Gasteiger charge is -2.60. The molecule has 0 amide bonds. The summed E-state index contributed by atoms with van der Waals surface area (Å²) in [6.07, 6.45) is 5.91. The molecule has 0 spiro atoms. The van der Waals surface area contributed by atoms with E-state index in [1.54, 1.807) is 0 Å². The maximum atomic E-state index is 12.4. The zero-order valence-electron chi connectivity index (χ0n) is 15.8. The average Bonchev–Trinajstić information content (AvgIpc) is 2.86. The van der Waals surface area contributed by atoms with Crippen LogP contribution in [0.15, 0.2) is 11.6 Å². The summed E-state index contributed by atoms with van der Waals surface area (Å²) in [6, 6.07) is 0. The molecule has 4 N–H and O–H groups in total. The molecule has 0 bridgehead atoms. The summed E-state index contributed by atoms with van der Waals surface area (Å²) in [6.45, 7) is 3.75. The van der Waals surface area contributed by atoms with Gasteiger partial charge in [0.05, 0.1) is 6.10 Å². The number of carbonyl (C=O) groups excluding carboxylic acids is 2. The standard InChI is InChI=1S/C21H30O5/c1-19-7-5-13(23)9-12(19)3-4-14-15-6-8-21(26,17(25)11-22)20(15,2)10-16(24)18(14)19/h9,14-16,18,22,24,26H,3-8,10-11H2,1-2H3/p+1. The van der Waals surface area contributed by atoms with Crippen LogP contribution in [0.1, 0.15) is 58.8 Å². The molecule has 0 saturated heterocycles. The van der Waals surface area contributed by atoms with E-state index < -0.39 is 29.5 Å². The van der Waals surface area contributed by atoms with Crippen molar-refractivity contribution in [2.75, 3.05) is 6.61 Å². The Hall–Kier alpha value is -1.04. The van der Waals surface area contributed by atoms with Crippen molar-refractivity contribution in [2.45, 2.75) is 70.5 Å². The maximum Gasteiger partial charge on any atom is 0.239 e. The quantitative estimate of drug-likeness (QED) is 0.727. The van der Waals surface area contributed by atoms with Crippen LogP contribution in [-0.4, -0.2) is 45.2 Å². The van der Waals surface area contributed by atoms with Gasteiger partial charge in [0.15, 0.2) is 5.78 Å². The molecule has 4 rings (SSSR count).